The Balaban J connectivity index is 2.24. The molecule has 0 saturated carbocycles. The van der Waals surface area contributed by atoms with Gasteiger partial charge < -0.3 is 20.6 Å². The Kier molecular flexibility index (Phi) is 2.07. The van der Waals surface area contributed by atoms with E-state index < -0.39 is 0 Å². The van der Waals surface area contributed by atoms with Gasteiger partial charge in [-0.25, -0.2) is 0 Å². The lowest BCUT2D eigenvalue weighted by molar-refractivity contribution is 0.311. The summed E-state index contributed by atoms with van der Waals surface area (Å²) in [5.41, 5.74) is 6.04. The number of hydrogen-bond donors (Lipinski definition) is 3. The third-order valence-corrected chi connectivity index (χ3v) is 2.48. The molecule has 2 aromatic heterocycles. The standard InChI is InChI=1S/C7H9N3O2S/c8-7-10-6-4(12-7)3-5(13-6)9-1-2-11/h3,9,11H,1-2H2,(H2,8,10). The van der Waals surface area contributed by atoms with Crippen LogP contribution in [0, 0.1) is 0 Å². The van der Waals surface area contributed by atoms with Gasteiger partial charge in [-0.1, -0.05) is 11.3 Å². The highest BCUT2D eigenvalue weighted by Crippen LogP contribution is 2.30. The summed E-state index contributed by atoms with van der Waals surface area (Å²) in [6.07, 6.45) is 0. The summed E-state index contributed by atoms with van der Waals surface area (Å²) in [5, 5.41) is 12.5. The van der Waals surface area contributed by atoms with Gasteiger partial charge in [0.1, 0.15) is 0 Å². The first-order valence-electron chi connectivity index (χ1n) is 3.80. The van der Waals surface area contributed by atoms with Crippen molar-refractivity contribution in [3.8, 4) is 0 Å². The molecule has 5 nitrogen and oxygen atoms in total. The van der Waals surface area contributed by atoms with Gasteiger partial charge in [-0.15, -0.1) is 0 Å². The van der Waals surface area contributed by atoms with Crippen LogP contribution >= 0.6 is 11.3 Å². The molecule has 2 aromatic rings. The van der Waals surface area contributed by atoms with E-state index in [-0.39, 0.29) is 12.6 Å². The molecule has 70 valence electrons. The molecule has 0 aliphatic heterocycles. The number of aromatic nitrogens is 1. The molecule has 2 heterocycles. The number of nitrogens with one attached hydrogen (secondary N) is 1. The number of fused-ring (bicyclic) bond motifs is 1. The zero-order chi connectivity index (χ0) is 9.26. The molecule has 0 aromatic carbocycles. The summed E-state index contributed by atoms with van der Waals surface area (Å²) in [5.74, 6) is 0. The van der Waals surface area contributed by atoms with E-state index in [1.54, 1.807) is 0 Å². The second kappa shape index (κ2) is 3.23. The third kappa shape index (κ3) is 1.58. The van der Waals surface area contributed by atoms with Crippen LogP contribution in [0.3, 0.4) is 0 Å². The summed E-state index contributed by atoms with van der Waals surface area (Å²) in [6, 6.07) is 2.01. The number of hydrogen-bond acceptors (Lipinski definition) is 6. The minimum atomic E-state index is 0.106. The fourth-order valence-electron chi connectivity index (χ4n) is 1.02. The number of anilines is 2. The van der Waals surface area contributed by atoms with Crippen molar-refractivity contribution < 1.29 is 9.52 Å². The Morgan fingerprint density at radius 2 is 2.54 bits per heavy atom. The van der Waals surface area contributed by atoms with Crippen LogP contribution in [0.2, 0.25) is 0 Å². The number of nitrogens with zero attached hydrogens (tertiary/aromatic N) is 1. The number of nitrogen functional groups attached to an aromatic ring is 1. The zero-order valence-corrected chi connectivity index (χ0v) is 7.60. The van der Waals surface area contributed by atoms with E-state index in [1.807, 2.05) is 6.07 Å². The molecule has 4 N–H and O–H groups in total. The van der Waals surface area contributed by atoms with Crippen molar-refractivity contribution in [2.45, 2.75) is 0 Å². The smallest absolute Gasteiger partial charge is 0.293 e. The van der Waals surface area contributed by atoms with Gasteiger partial charge in [-0.05, 0) is 0 Å². The molecular weight excluding hydrogens is 190 g/mol. The number of nitrogens with two attached hydrogens (primary N) is 1. The van der Waals surface area contributed by atoms with Crippen LogP contribution in [0.1, 0.15) is 0 Å². The lowest BCUT2D eigenvalue weighted by Gasteiger charge is -1.96. The zero-order valence-electron chi connectivity index (χ0n) is 6.78. The number of thiophene rings is 1. The number of rotatable bonds is 3. The molecular formula is C7H9N3O2S. The van der Waals surface area contributed by atoms with Gasteiger partial charge in [0.2, 0.25) is 0 Å². The van der Waals surface area contributed by atoms with Gasteiger partial charge in [0.05, 0.1) is 11.6 Å². The van der Waals surface area contributed by atoms with Crippen LogP contribution in [-0.2, 0) is 0 Å². The number of oxazole rings is 1. The molecule has 0 bridgehead atoms. The van der Waals surface area contributed by atoms with Crippen molar-refractivity contribution in [2.75, 3.05) is 24.2 Å². The molecule has 0 aliphatic rings. The molecule has 6 heteroatoms. The van der Waals surface area contributed by atoms with E-state index in [0.29, 0.717) is 12.1 Å². The maximum absolute atomic E-state index is 8.58. The van der Waals surface area contributed by atoms with Crippen LogP contribution in [0.15, 0.2) is 10.5 Å². The highest BCUT2D eigenvalue weighted by molar-refractivity contribution is 7.22. The first-order chi connectivity index (χ1) is 6.29. The normalized spacial score (nSPS) is 10.8. The van der Waals surface area contributed by atoms with Crippen molar-refractivity contribution in [3.05, 3.63) is 6.07 Å². The van der Waals surface area contributed by atoms with Crippen molar-refractivity contribution in [2.24, 2.45) is 0 Å². The van der Waals surface area contributed by atoms with Crippen LogP contribution in [0.4, 0.5) is 11.0 Å². The Morgan fingerprint density at radius 1 is 1.69 bits per heavy atom. The van der Waals surface area contributed by atoms with Crippen LogP contribution < -0.4 is 11.1 Å². The molecule has 0 spiro atoms. The van der Waals surface area contributed by atoms with Gasteiger partial charge >= 0.3 is 0 Å². The molecule has 0 unspecified atom stereocenters. The maximum atomic E-state index is 8.58. The van der Waals surface area contributed by atoms with E-state index >= 15 is 0 Å². The molecule has 13 heavy (non-hydrogen) atoms. The van der Waals surface area contributed by atoms with Crippen LogP contribution in [-0.4, -0.2) is 23.2 Å². The summed E-state index contributed by atoms with van der Waals surface area (Å²) >= 11 is 1.45. The van der Waals surface area contributed by atoms with E-state index in [4.69, 9.17) is 15.3 Å². The van der Waals surface area contributed by atoms with Gasteiger partial charge in [0, 0.05) is 12.6 Å². The van der Waals surface area contributed by atoms with Gasteiger partial charge in [0.15, 0.2) is 10.4 Å². The van der Waals surface area contributed by atoms with Gasteiger partial charge in [-0.2, -0.15) is 4.98 Å². The van der Waals surface area contributed by atoms with E-state index in [1.165, 1.54) is 11.3 Å². The molecule has 0 fully saturated rings. The molecule has 0 aliphatic carbocycles. The van der Waals surface area contributed by atoms with Crippen molar-refractivity contribution in [3.63, 3.8) is 0 Å². The minimum Gasteiger partial charge on any atom is -0.423 e. The fourth-order valence-corrected chi connectivity index (χ4v) is 1.90. The van der Waals surface area contributed by atoms with E-state index in [9.17, 15) is 0 Å². The first-order valence-corrected chi connectivity index (χ1v) is 4.62. The second-order valence-electron chi connectivity index (χ2n) is 2.48. The highest BCUT2D eigenvalue weighted by Gasteiger charge is 2.07. The average molecular weight is 199 g/mol. The molecule has 0 amide bonds. The second-order valence-corrected chi connectivity index (χ2v) is 3.51. The monoisotopic (exact) mass is 199 g/mol. The number of aliphatic hydroxyl groups excluding tert-OH is 1. The van der Waals surface area contributed by atoms with Crippen LogP contribution in [0.5, 0.6) is 0 Å². The number of aliphatic hydroxyl groups is 1. The van der Waals surface area contributed by atoms with Crippen molar-refractivity contribution in [1.82, 2.24) is 4.98 Å². The predicted molar refractivity (Wildman–Crippen MR) is 51.9 cm³/mol. The Hall–Kier alpha value is -1.27. The van der Waals surface area contributed by atoms with E-state index in [0.717, 1.165) is 9.83 Å². The summed E-state index contributed by atoms with van der Waals surface area (Å²) < 4.78 is 5.10. The van der Waals surface area contributed by atoms with E-state index in [2.05, 4.69) is 10.3 Å². The molecule has 0 radical (unpaired) electrons. The van der Waals surface area contributed by atoms with Crippen molar-refractivity contribution in [1.29, 1.82) is 0 Å². The molecule has 0 atom stereocenters. The average Bonchev–Trinajstić information content (AvgIpc) is 2.57. The topological polar surface area (TPSA) is 84.3 Å². The third-order valence-electron chi connectivity index (χ3n) is 1.52. The summed E-state index contributed by atoms with van der Waals surface area (Å²) in [7, 11) is 0. The van der Waals surface area contributed by atoms with Crippen LogP contribution in [0.25, 0.3) is 10.4 Å². The SMILES string of the molecule is Nc1nc2sc(NCCO)cc2o1. The Morgan fingerprint density at radius 3 is 3.23 bits per heavy atom. The largest absolute Gasteiger partial charge is 0.423 e. The highest BCUT2D eigenvalue weighted by atomic mass is 32.1. The van der Waals surface area contributed by atoms with Crippen molar-refractivity contribution >= 4 is 32.8 Å². The van der Waals surface area contributed by atoms with Gasteiger partial charge in [0.25, 0.3) is 6.01 Å². The fraction of sp³-hybridized carbons (Fsp3) is 0.286. The Labute approximate surface area is 78.2 Å². The first kappa shape index (κ1) is 8.33. The van der Waals surface area contributed by atoms with Gasteiger partial charge in [-0.3, -0.25) is 0 Å². The molecule has 0 saturated heterocycles. The minimum absolute atomic E-state index is 0.106. The molecule has 2 rings (SSSR count). The lowest BCUT2D eigenvalue weighted by Crippen LogP contribution is -2.03. The summed E-state index contributed by atoms with van der Waals surface area (Å²) in [6.45, 7) is 0.632. The predicted octanol–water partition coefficient (Wildman–Crippen LogP) is 0.876. The Bertz CT molecular complexity index is 377. The lowest BCUT2D eigenvalue weighted by atomic mass is 10.5. The quantitative estimate of drug-likeness (QED) is 0.683. The maximum Gasteiger partial charge on any atom is 0.293 e. The summed E-state index contributed by atoms with van der Waals surface area (Å²) in [4.78, 5) is 4.74.